The minimum Gasteiger partial charge on any atom is -0.473 e. The first kappa shape index (κ1) is 11.7. The highest BCUT2D eigenvalue weighted by molar-refractivity contribution is 5.48. The summed E-state index contributed by atoms with van der Waals surface area (Å²) in [6.45, 7) is 2.26. The number of hydrogen-bond acceptors (Lipinski definition) is 4. The maximum atomic E-state index is 8.99. The fraction of sp³-hybridized carbons (Fsp3) is 0.538. The molecule has 4 heteroatoms. The number of ether oxygens (including phenoxy) is 1. The van der Waals surface area contributed by atoms with Gasteiger partial charge in [0.25, 0.3) is 0 Å². The summed E-state index contributed by atoms with van der Waals surface area (Å²) in [5.74, 6) is 1.20. The lowest BCUT2D eigenvalue weighted by atomic mass is 9.89. The van der Waals surface area contributed by atoms with Crippen molar-refractivity contribution in [2.24, 2.45) is 5.92 Å². The van der Waals surface area contributed by atoms with E-state index in [2.05, 4.69) is 18.0 Å². The van der Waals surface area contributed by atoms with Gasteiger partial charge in [0.1, 0.15) is 17.7 Å². The molecular formula is C13H17N3O. The molecule has 0 spiro atoms. The molecule has 2 rings (SSSR count). The van der Waals surface area contributed by atoms with Gasteiger partial charge in [-0.15, -0.1) is 0 Å². The minimum atomic E-state index is 0.189. The highest BCUT2D eigenvalue weighted by Gasteiger charge is 2.21. The van der Waals surface area contributed by atoms with E-state index in [4.69, 9.17) is 15.7 Å². The lowest BCUT2D eigenvalue weighted by Gasteiger charge is -2.26. The Morgan fingerprint density at radius 3 is 2.76 bits per heavy atom. The van der Waals surface area contributed by atoms with E-state index in [1.54, 1.807) is 6.07 Å². The summed E-state index contributed by atoms with van der Waals surface area (Å²) in [7, 11) is 0. The maximum absolute atomic E-state index is 8.99. The van der Waals surface area contributed by atoms with Crippen molar-refractivity contribution in [3.05, 3.63) is 17.8 Å². The number of hydrogen-bond donors (Lipinski definition) is 1. The molecule has 90 valence electrons. The highest BCUT2D eigenvalue weighted by atomic mass is 16.5. The first-order valence-electron chi connectivity index (χ1n) is 6.01. The smallest absolute Gasteiger partial charge is 0.232 e. The van der Waals surface area contributed by atoms with Gasteiger partial charge in [0.2, 0.25) is 5.88 Å². The zero-order valence-corrected chi connectivity index (χ0v) is 10.0. The van der Waals surface area contributed by atoms with E-state index in [1.807, 2.05) is 0 Å². The molecule has 1 fully saturated rings. The number of aromatic nitrogens is 1. The summed E-state index contributed by atoms with van der Waals surface area (Å²) in [5, 5.41) is 8.99. The second-order valence-corrected chi connectivity index (χ2v) is 4.73. The van der Waals surface area contributed by atoms with Gasteiger partial charge in [-0.2, -0.15) is 5.26 Å². The van der Waals surface area contributed by atoms with Gasteiger partial charge in [-0.3, -0.25) is 0 Å². The first-order chi connectivity index (χ1) is 8.19. The van der Waals surface area contributed by atoms with Crippen LogP contribution in [-0.4, -0.2) is 11.1 Å². The number of rotatable bonds is 2. The second kappa shape index (κ2) is 5.05. The molecule has 0 atom stereocenters. The van der Waals surface area contributed by atoms with Crippen LogP contribution in [0.25, 0.3) is 0 Å². The van der Waals surface area contributed by atoms with Crippen molar-refractivity contribution < 1.29 is 4.74 Å². The maximum Gasteiger partial charge on any atom is 0.232 e. The summed E-state index contributed by atoms with van der Waals surface area (Å²) in [4.78, 5) is 4.09. The van der Waals surface area contributed by atoms with Crippen molar-refractivity contribution in [1.29, 1.82) is 5.26 Å². The van der Waals surface area contributed by atoms with Crippen molar-refractivity contribution in [3.63, 3.8) is 0 Å². The molecule has 0 radical (unpaired) electrons. The SMILES string of the molecule is CC1CCC(Oc2ncc(N)cc2C#N)CC1. The molecule has 17 heavy (non-hydrogen) atoms. The van der Waals surface area contributed by atoms with Crippen LogP contribution >= 0.6 is 0 Å². The van der Waals surface area contributed by atoms with E-state index >= 15 is 0 Å². The third-order valence-corrected chi connectivity index (χ3v) is 3.23. The Hall–Kier alpha value is -1.76. The topological polar surface area (TPSA) is 71.9 Å². The van der Waals surface area contributed by atoms with Gasteiger partial charge < -0.3 is 10.5 Å². The Kier molecular flexibility index (Phi) is 3.48. The largest absolute Gasteiger partial charge is 0.473 e. The summed E-state index contributed by atoms with van der Waals surface area (Å²) >= 11 is 0. The van der Waals surface area contributed by atoms with Gasteiger partial charge in [0, 0.05) is 0 Å². The molecule has 1 aliphatic carbocycles. The Morgan fingerprint density at radius 1 is 1.41 bits per heavy atom. The normalized spacial score (nSPS) is 24.0. The van der Waals surface area contributed by atoms with E-state index < -0.39 is 0 Å². The lowest BCUT2D eigenvalue weighted by Crippen LogP contribution is -2.23. The van der Waals surface area contributed by atoms with Crippen LogP contribution in [-0.2, 0) is 0 Å². The molecule has 1 saturated carbocycles. The van der Waals surface area contributed by atoms with Crippen molar-refractivity contribution in [3.8, 4) is 11.9 Å². The molecule has 2 N–H and O–H groups in total. The van der Waals surface area contributed by atoms with E-state index in [9.17, 15) is 0 Å². The van der Waals surface area contributed by atoms with E-state index in [0.29, 0.717) is 17.1 Å². The van der Waals surface area contributed by atoms with E-state index in [-0.39, 0.29) is 6.10 Å². The van der Waals surface area contributed by atoms with Crippen LogP contribution in [0, 0.1) is 17.2 Å². The number of anilines is 1. The van der Waals surface area contributed by atoms with Crippen LogP contribution in [0.5, 0.6) is 5.88 Å². The number of nitriles is 1. The molecule has 1 aliphatic rings. The molecule has 1 aromatic heterocycles. The van der Waals surface area contributed by atoms with Crippen LogP contribution < -0.4 is 10.5 Å². The predicted molar refractivity (Wildman–Crippen MR) is 65.4 cm³/mol. The van der Waals surface area contributed by atoms with E-state index in [0.717, 1.165) is 18.8 Å². The number of nitrogens with zero attached hydrogens (tertiary/aromatic N) is 2. The second-order valence-electron chi connectivity index (χ2n) is 4.73. The van der Waals surface area contributed by atoms with Crippen molar-refractivity contribution in [2.75, 3.05) is 5.73 Å². The van der Waals surface area contributed by atoms with Crippen molar-refractivity contribution in [2.45, 2.75) is 38.7 Å². The third-order valence-electron chi connectivity index (χ3n) is 3.23. The summed E-state index contributed by atoms with van der Waals surface area (Å²) < 4.78 is 5.79. The van der Waals surface area contributed by atoms with Gasteiger partial charge in [0.05, 0.1) is 11.9 Å². The Morgan fingerprint density at radius 2 is 2.12 bits per heavy atom. The number of pyridine rings is 1. The Balaban J connectivity index is 2.06. The van der Waals surface area contributed by atoms with Crippen LogP contribution in [0.4, 0.5) is 5.69 Å². The molecule has 0 bridgehead atoms. The molecule has 0 amide bonds. The zero-order valence-electron chi connectivity index (χ0n) is 10.0. The van der Waals surface area contributed by atoms with Crippen LogP contribution in [0.15, 0.2) is 12.3 Å². The van der Waals surface area contributed by atoms with Crippen molar-refractivity contribution >= 4 is 5.69 Å². The lowest BCUT2D eigenvalue weighted by molar-refractivity contribution is 0.130. The monoisotopic (exact) mass is 231 g/mol. The first-order valence-corrected chi connectivity index (χ1v) is 6.01. The summed E-state index contributed by atoms with van der Waals surface area (Å²) in [6, 6.07) is 3.67. The van der Waals surface area contributed by atoms with Crippen LogP contribution in [0.2, 0.25) is 0 Å². The molecular weight excluding hydrogens is 214 g/mol. The zero-order chi connectivity index (χ0) is 12.3. The highest BCUT2D eigenvalue weighted by Crippen LogP contribution is 2.28. The number of nitrogens with two attached hydrogens (primary N) is 1. The molecule has 4 nitrogen and oxygen atoms in total. The molecule has 0 unspecified atom stereocenters. The van der Waals surface area contributed by atoms with Gasteiger partial charge in [-0.05, 0) is 37.7 Å². The fourth-order valence-electron chi connectivity index (χ4n) is 2.15. The molecule has 1 heterocycles. The standard InChI is InChI=1S/C13H17N3O/c1-9-2-4-12(5-3-9)17-13-10(7-14)6-11(15)8-16-13/h6,8-9,12H,2-5,15H2,1H3. The van der Waals surface area contributed by atoms with Crippen LogP contribution in [0.1, 0.15) is 38.2 Å². The fourth-order valence-corrected chi connectivity index (χ4v) is 2.15. The average Bonchev–Trinajstić information content (AvgIpc) is 2.34. The van der Waals surface area contributed by atoms with Gasteiger partial charge >= 0.3 is 0 Å². The molecule has 0 aliphatic heterocycles. The summed E-state index contributed by atoms with van der Waals surface area (Å²) in [5.41, 5.74) is 6.50. The Labute approximate surface area is 101 Å². The third kappa shape index (κ3) is 2.88. The quantitative estimate of drug-likeness (QED) is 0.848. The van der Waals surface area contributed by atoms with Gasteiger partial charge in [0.15, 0.2) is 0 Å². The minimum absolute atomic E-state index is 0.189. The van der Waals surface area contributed by atoms with Crippen LogP contribution in [0.3, 0.4) is 0 Å². The number of nitrogen functional groups attached to an aromatic ring is 1. The molecule has 0 aromatic carbocycles. The van der Waals surface area contributed by atoms with Gasteiger partial charge in [-0.1, -0.05) is 6.92 Å². The van der Waals surface area contributed by atoms with Crippen molar-refractivity contribution in [1.82, 2.24) is 4.98 Å². The van der Waals surface area contributed by atoms with Gasteiger partial charge in [-0.25, -0.2) is 4.98 Å². The molecule has 0 saturated heterocycles. The van der Waals surface area contributed by atoms with E-state index in [1.165, 1.54) is 19.0 Å². The predicted octanol–water partition coefficient (Wildman–Crippen LogP) is 2.49. The summed E-state index contributed by atoms with van der Waals surface area (Å²) in [6.07, 6.45) is 6.16. The average molecular weight is 231 g/mol. The molecule has 1 aromatic rings. The Bertz CT molecular complexity index is 431.